The molecule has 0 amide bonds. The Hall–Kier alpha value is -1.62. The largest absolute Gasteiger partial charge is 0.418 e. The molecule has 0 saturated carbocycles. The number of alkyl halides is 4. The van der Waals surface area contributed by atoms with Crippen molar-refractivity contribution in [2.75, 3.05) is 0 Å². The topological polar surface area (TPSA) is 25.8 Å². The van der Waals surface area contributed by atoms with Gasteiger partial charge in [-0.2, -0.15) is 13.2 Å². The van der Waals surface area contributed by atoms with E-state index in [-0.39, 0.29) is 11.6 Å². The first-order valence-electron chi connectivity index (χ1n) is 5.05. The van der Waals surface area contributed by atoms with E-state index in [1.807, 2.05) is 0 Å². The van der Waals surface area contributed by atoms with Crippen molar-refractivity contribution in [1.82, 2.24) is 9.97 Å². The van der Waals surface area contributed by atoms with Crippen molar-refractivity contribution in [3.63, 3.8) is 0 Å². The summed E-state index contributed by atoms with van der Waals surface area (Å²) in [6, 6.07) is 4.30. The van der Waals surface area contributed by atoms with Gasteiger partial charge in [0.1, 0.15) is 0 Å². The summed E-state index contributed by atoms with van der Waals surface area (Å²) in [4.78, 5) is 7.58. The lowest BCUT2D eigenvalue weighted by Crippen LogP contribution is -2.10. The van der Waals surface area contributed by atoms with E-state index in [2.05, 4.69) is 9.97 Å². The molecule has 94 valence electrons. The number of pyridine rings is 2. The monoisotopic (exact) mass is 272 g/mol. The second-order valence-electron chi connectivity index (χ2n) is 3.59. The smallest absolute Gasteiger partial charge is 0.265 e. The van der Waals surface area contributed by atoms with Crippen LogP contribution in [0.15, 0.2) is 36.8 Å². The van der Waals surface area contributed by atoms with Gasteiger partial charge in [0.15, 0.2) is 0 Å². The Balaban J connectivity index is 2.53. The lowest BCUT2D eigenvalue weighted by atomic mass is 10.1. The van der Waals surface area contributed by atoms with Crippen molar-refractivity contribution in [1.29, 1.82) is 0 Å². The molecule has 0 radical (unpaired) electrons. The van der Waals surface area contributed by atoms with Gasteiger partial charge in [-0.1, -0.05) is 0 Å². The fourth-order valence-electron chi connectivity index (χ4n) is 1.55. The first-order valence-corrected chi connectivity index (χ1v) is 5.58. The zero-order chi connectivity index (χ0) is 13.2. The summed E-state index contributed by atoms with van der Waals surface area (Å²) in [5, 5.41) is 0. The third kappa shape index (κ3) is 2.61. The summed E-state index contributed by atoms with van der Waals surface area (Å²) < 4.78 is 38.5. The van der Waals surface area contributed by atoms with E-state index in [4.69, 9.17) is 11.6 Å². The lowest BCUT2D eigenvalue weighted by Gasteiger charge is -2.12. The van der Waals surface area contributed by atoms with Crippen LogP contribution >= 0.6 is 11.6 Å². The predicted molar refractivity (Wildman–Crippen MR) is 62.0 cm³/mol. The first-order chi connectivity index (χ1) is 8.52. The number of nitrogens with zero attached hydrogens (tertiary/aromatic N) is 2. The van der Waals surface area contributed by atoms with Gasteiger partial charge >= 0.3 is 6.18 Å². The Morgan fingerprint density at radius 3 is 2.33 bits per heavy atom. The highest BCUT2D eigenvalue weighted by Gasteiger charge is 2.34. The van der Waals surface area contributed by atoms with Crippen LogP contribution in [0, 0.1) is 0 Å². The standard InChI is InChI=1S/C12H8ClF3N2/c13-6-11-10(12(14,15)16)5-9(7-18-11)8-1-3-17-4-2-8/h1-5,7H,6H2. The van der Waals surface area contributed by atoms with Crippen LogP contribution in [-0.2, 0) is 12.1 Å². The minimum absolute atomic E-state index is 0.165. The average Bonchev–Trinajstić information content (AvgIpc) is 2.38. The Kier molecular flexibility index (Phi) is 3.52. The molecule has 0 spiro atoms. The Labute approximate surface area is 106 Å². The molecule has 2 aromatic rings. The normalized spacial score (nSPS) is 11.6. The molecule has 6 heteroatoms. The minimum atomic E-state index is -4.46. The molecule has 0 aromatic carbocycles. The van der Waals surface area contributed by atoms with Gasteiger partial charge < -0.3 is 0 Å². The van der Waals surface area contributed by atoms with E-state index < -0.39 is 11.7 Å². The van der Waals surface area contributed by atoms with Crippen LogP contribution in [0.3, 0.4) is 0 Å². The van der Waals surface area contributed by atoms with Crippen molar-refractivity contribution < 1.29 is 13.2 Å². The molecule has 2 heterocycles. The SMILES string of the molecule is FC(F)(F)c1cc(-c2ccncc2)cnc1CCl. The molecule has 0 atom stereocenters. The average molecular weight is 273 g/mol. The molecular formula is C12H8ClF3N2. The number of halogens is 4. The summed E-state index contributed by atoms with van der Waals surface area (Å²) in [7, 11) is 0. The Morgan fingerprint density at radius 2 is 1.78 bits per heavy atom. The van der Waals surface area contributed by atoms with Gasteiger partial charge in [-0.25, -0.2) is 0 Å². The van der Waals surface area contributed by atoms with E-state index in [0.29, 0.717) is 11.1 Å². The van der Waals surface area contributed by atoms with Crippen LogP contribution < -0.4 is 0 Å². The van der Waals surface area contributed by atoms with Gasteiger partial charge in [0.25, 0.3) is 0 Å². The summed E-state index contributed by atoms with van der Waals surface area (Å²) >= 11 is 5.46. The zero-order valence-corrected chi connectivity index (χ0v) is 9.83. The quantitative estimate of drug-likeness (QED) is 0.775. The van der Waals surface area contributed by atoms with Gasteiger partial charge in [0.2, 0.25) is 0 Å². The van der Waals surface area contributed by atoms with Crippen LogP contribution in [0.2, 0.25) is 0 Å². The summed E-state index contributed by atoms with van der Waals surface area (Å²) in [5.41, 5.74) is 0.0523. The third-order valence-corrected chi connectivity index (χ3v) is 2.67. The Bertz CT molecular complexity index is 541. The maximum Gasteiger partial charge on any atom is 0.418 e. The van der Waals surface area contributed by atoms with E-state index in [1.165, 1.54) is 18.6 Å². The predicted octanol–water partition coefficient (Wildman–Crippen LogP) is 3.90. The second-order valence-corrected chi connectivity index (χ2v) is 3.85. The minimum Gasteiger partial charge on any atom is -0.265 e. The van der Waals surface area contributed by atoms with Crippen LogP contribution in [-0.4, -0.2) is 9.97 Å². The molecule has 2 nitrogen and oxygen atoms in total. The van der Waals surface area contributed by atoms with Crippen molar-refractivity contribution in [2.24, 2.45) is 0 Å². The first kappa shape index (κ1) is 12.8. The highest BCUT2D eigenvalue weighted by atomic mass is 35.5. The number of hydrogen-bond donors (Lipinski definition) is 0. The molecule has 2 aromatic heterocycles. The van der Waals surface area contributed by atoms with Crippen molar-refractivity contribution in [3.8, 4) is 11.1 Å². The zero-order valence-electron chi connectivity index (χ0n) is 9.08. The fourth-order valence-corrected chi connectivity index (χ4v) is 1.76. The summed E-state index contributed by atoms with van der Waals surface area (Å²) in [5.74, 6) is -0.272. The van der Waals surface area contributed by atoms with E-state index in [1.54, 1.807) is 12.1 Å². The molecule has 0 bridgehead atoms. The second kappa shape index (κ2) is 4.94. The number of aromatic nitrogens is 2. The maximum atomic E-state index is 12.8. The van der Waals surface area contributed by atoms with Crippen LogP contribution in [0.4, 0.5) is 13.2 Å². The van der Waals surface area contributed by atoms with E-state index in [0.717, 1.165) is 6.07 Å². The highest BCUT2D eigenvalue weighted by molar-refractivity contribution is 6.17. The maximum absolute atomic E-state index is 12.8. The van der Waals surface area contributed by atoms with Gasteiger partial charge in [-0.05, 0) is 23.8 Å². The number of rotatable bonds is 2. The van der Waals surface area contributed by atoms with Crippen LogP contribution in [0.25, 0.3) is 11.1 Å². The molecule has 0 unspecified atom stereocenters. The molecule has 0 aliphatic carbocycles. The molecule has 0 aliphatic rings. The molecular weight excluding hydrogens is 265 g/mol. The van der Waals surface area contributed by atoms with Crippen molar-refractivity contribution in [3.05, 3.63) is 48.0 Å². The fraction of sp³-hybridized carbons (Fsp3) is 0.167. The Morgan fingerprint density at radius 1 is 1.11 bits per heavy atom. The lowest BCUT2D eigenvalue weighted by molar-refractivity contribution is -0.138. The summed E-state index contributed by atoms with van der Waals surface area (Å²) in [6.45, 7) is 0. The molecule has 18 heavy (non-hydrogen) atoms. The van der Waals surface area contributed by atoms with Gasteiger partial charge in [-0.15, -0.1) is 11.6 Å². The summed E-state index contributed by atoms with van der Waals surface area (Å²) in [6.07, 6.45) is -0.0569. The van der Waals surface area contributed by atoms with Crippen LogP contribution in [0.5, 0.6) is 0 Å². The number of hydrogen-bond acceptors (Lipinski definition) is 2. The third-order valence-electron chi connectivity index (χ3n) is 2.42. The van der Waals surface area contributed by atoms with Crippen molar-refractivity contribution in [2.45, 2.75) is 12.1 Å². The van der Waals surface area contributed by atoms with E-state index in [9.17, 15) is 13.2 Å². The molecule has 0 N–H and O–H groups in total. The molecule has 2 rings (SSSR count). The molecule has 0 saturated heterocycles. The molecule has 0 fully saturated rings. The molecule has 0 aliphatic heterocycles. The van der Waals surface area contributed by atoms with Crippen LogP contribution in [0.1, 0.15) is 11.3 Å². The van der Waals surface area contributed by atoms with Crippen molar-refractivity contribution >= 4 is 11.6 Å². The highest BCUT2D eigenvalue weighted by Crippen LogP contribution is 2.34. The van der Waals surface area contributed by atoms with Gasteiger partial charge in [0.05, 0.1) is 17.1 Å². The van der Waals surface area contributed by atoms with E-state index >= 15 is 0 Å². The van der Waals surface area contributed by atoms with Gasteiger partial charge in [-0.3, -0.25) is 9.97 Å². The van der Waals surface area contributed by atoms with Gasteiger partial charge in [0, 0.05) is 24.2 Å².